The van der Waals surface area contributed by atoms with Crippen molar-refractivity contribution < 1.29 is 29.1 Å². The van der Waals surface area contributed by atoms with E-state index in [0.717, 1.165) is 6.21 Å². The van der Waals surface area contributed by atoms with Gasteiger partial charge in [-0.25, -0.2) is 9.78 Å². The van der Waals surface area contributed by atoms with Gasteiger partial charge in [0.1, 0.15) is 35.2 Å². The average molecular weight is 556 g/mol. The predicted octanol–water partition coefficient (Wildman–Crippen LogP) is 0.693. The van der Waals surface area contributed by atoms with Crippen LogP contribution >= 0.6 is 58.1 Å². The topological polar surface area (TPSA) is 150 Å². The monoisotopic (exact) mass is 555 g/mol. The number of aromatic nitrogens is 1. The van der Waals surface area contributed by atoms with Crippen LogP contribution in [0.2, 0.25) is 0 Å². The molecule has 0 spiro atoms. The zero-order valence-corrected chi connectivity index (χ0v) is 20.9. The van der Waals surface area contributed by atoms with Gasteiger partial charge in [-0.3, -0.25) is 14.4 Å². The average Bonchev–Trinajstić information content (AvgIpc) is 3.35. The van der Waals surface area contributed by atoms with Crippen LogP contribution in [0.3, 0.4) is 0 Å². The van der Waals surface area contributed by atoms with E-state index >= 15 is 0 Å². The number of alkyl halides is 2. The van der Waals surface area contributed by atoms with Crippen LogP contribution < -0.4 is 10.6 Å². The summed E-state index contributed by atoms with van der Waals surface area (Å²) in [7, 11) is 0. The molecule has 11 nitrogen and oxygen atoms in total. The van der Waals surface area contributed by atoms with Crippen molar-refractivity contribution in [1.29, 1.82) is 0 Å². The molecule has 5 atom stereocenters. The second kappa shape index (κ2) is 11.1. The molecule has 2 aliphatic rings. The molecule has 0 radical (unpaired) electrons. The molecule has 3 N–H and O–H groups in total. The third kappa shape index (κ3) is 5.34. The SMILES string of the molecule is CSC1(CCl)CS[C@H]2C(NC(=O)C=NOC(NC(=O)CCl)c3cscn3)C(=O)N2C1C(=O)O. The number of thioether (sulfide) groups is 2. The van der Waals surface area contributed by atoms with Gasteiger partial charge in [-0.1, -0.05) is 5.16 Å². The number of nitrogens with zero attached hydrogens (tertiary/aromatic N) is 3. The fourth-order valence-electron chi connectivity index (χ4n) is 3.33. The van der Waals surface area contributed by atoms with Gasteiger partial charge < -0.3 is 25.5 Å². The molecular formula is C17H19Cl2N5O6S3. The fourth-order valence-corrected chi connectivity index (χ4v) is 7.35. The quantitative estimate of drug-likeness (QED) is 0.124. The zero-order chi connectivity index (χ0) is 24.2. The van der Waals surface area contributed by atoms with Crippen LogP contribution in [0.1, 0.15) is 11.9 Å². The van der Waals surface area contributed by atoms with Gasteiger partial charge in [-0.15, -0.1) is 46.3 Å². The third-order valence-corrected chi connectivity index (χ3v) is 9.50. The largest absolute Gasteiger partial charge is 0.480 e. The van der Waals surface area contributed by atoms with E-state index in [0.29, 0.717) is 11.4 Å². The number of carbonyl (C=O) groups is 4. The van der Waals surface area contributed by atoms with Gasteiger partial charge in [0.15, 0.2) is 0 Å². The molecule has 1 aromatic rings. The molecule has 180 valence electrons. The van der Waals surface area contributed by atoms with Crippen molar-refractivity contribution in [3.63, 3.8) is 0 Å². The molecule has 33 heavy (non-hydrogen) atoms. The lowest BCUT2D eigenvalue weighted by atomic mass is 9.94. The molecule has 0 aromatic carbocycles. The lowest BCUT2D eigenvalue weighted by Gasteiger charge is -2.57. The molecular weight excluding hydrogens is 537 g/mol. The molecule has 0 aliphatic carbocycles. The predicted molar refractivity (Wildman–Crippen MR) is 127 cm³/mol. The third-order valence-electron chi connectivity index (χ3n) is 4.99. The molecule has 0 saturated carbocycles. The summed E-state index contributed by atoms with van der Waals surface area (Å²) in [6, 6.07) is -2.01. The van der Waals surface area contributed by atoms with Crippen molar-refractivity contribution in [3.8, 4) is 0 Å². The number of fused-ring (bicyclic) bond motifs is 1. The van der Waals surface area contributed by atoms with E-state index in [4.69, 9.17) is 28.0 Å². The molecule has 3 rings (SSSR count). The number of nitrogens with one attached hydrogen (secondary N) is 2. The highest BCUT2D eigenvalue weighted by molar-refractivity contribution is 8.04. The molecule has 16 heteroatoms. The number of carboxylic acid groups (broad SMARTS) is 1. The maximum absolute atomic E-state index is 12.7. The number of hydrogen-bond donors (Lipinski definition) is 3. The van der Waals surface area contributed by atoms with Crippen molar-refractivity contribution in [2.24, 2.45) is 5.16 Å². The number of hydrogen-bond acceptors (Lipinski definition) is 10. The Balaban J connectivity index is 1.61. The van der Waals surface area contributed by atoms with Crippen LogP contribution in [0.4, 0.5) is 0 Å². The Morgan fingerprint density at radius 1 is 1.52 bits per heavy atom. The van der Waals surface area contributed by atoms with Crippen LogP contribution in [-0.4, -0.2) is 90.9 Å². The molecule has 3 heterocycles. The zero-order valence-electron chi connectivity index (χ0n) is 17.0. The number of aliphatic carboxylic acids is 1. The number of carbonyl (C=O) groups excluding carboxylic acids is 3. The molecule has 4 unspecified atom stereocenters. The number of amides is 3. The molecule has 1 aromatic heterocycles. The van der Waals surface area contributed by atoms with Crippen molar-refractivity contribution in [3.05, 3.63) is 16.6 Å². The standard InChI is InChI=1S/C17H19Cl2N5O6S3/c1-31-17(5-19)6-33-15-11(14(27)24(15)12(17)16(28)29)22-10(26)3-21-30-13(23-9(25)2-18)8-4-32-7-20-8/h3-4,7,11-13,15H,2,5-6H2,1H3,(H,22,26)(H,23,25)(H,28,29)/t11?,12?,13?,15-,17?/m0/s1. The minimum Gasteiger partial charge on any atom is -0.480 e. The highest BCUT2D eigenvalue weighted by Gasteiger charge is 2.62. The summed E-state index contributed by atoms with van der Waals surface area (Å²) >= 11 is 15.5. The Hall–Kier alpha value is -1.74. The first kappa shape index (κ1) is 25.9. The second-order valence-corrected chi connectivity index (χ2v) is 10.5. The highest BCUT2D eigenvalue weighted by atomic mass is 35.5. The molecule has 2 saturated heterocycles. The number of halogens is 2. The highest BCUT2D eigenvalue weighted by Crippen LogP contribution is 2.47. The Morgan fingerprint density at radius 2 is 2.27 bits per heavy atom. The lowest BCUT2D eigenvalue weighted by molar-refractivity contribution is -0.163. The van der Waals surface area contributed by atoms with E-state index in [1.807, 2.05) is 0 Å². The molecule has 2 aliphatic heterocycles. The maximum atomic E-state index is 12.7. The van der Waals surface area contributed by atoms with E-state index in [1.54, 1.807) is 11.6 Å². The van der Waals surface area contributed by atoms with Gasteiger partial charge in [0.25, 0.3) is 5.91 Å². The van der Waals surface area contributed by atoms with Crippen molar-refractivity contribution in [2.75, 3.05) is 23.8 Å². The first-order valence-electron chi connectivity index (χ1n) is 9.28. The van der Waals surface area contributed by atoms with E-state index in [2.05, 4.69) is 20.8 Å². The van der Waals surface area contributed by atoms with Crippen LogP contribution in [0, 0.1) is 0 Å². The van der Waals surface area contributed by atoms with Crippen LogP contribution in [0.25, 0.3) is 0 Å². The van der Waals surface area contributed by atoms with Gasteiger partial charge in [-0.05, 0) is 6.26 Å². The van der Waals surface area contributed by atoms with Crippen LogP contribution in [0.15, 0.2) is 16.0 Å². The normalized spacial score (nSPS) is 27.4. The van der Waals surface area contributed by atoms with Crippen LogP contribution in [-0.2, 0) is 24.0 Å². The Bertz CT molecular complexity index is 932. The first-order valence-corrected chi connectivity index (χ1v) is 13.6. The maximum Gasteiger partial charge on any atom is 0.328 e. The Morgan fingerprint density at radius 3 is 2.85 bits per heavy atom. The number of thiazole rings is 1. The summed E-state index contributed by atoms with van der Waals surface area (Å²) in [6.07, 6.45) is 1.52. The number of rotatable bonds is 10. The van der Waals surface area contributed by atoms with Crippen molar-refractivity contribution in [2.45, 2.75) is 28.4 Å². The minimum absolute atomic E-state index is 0.0655. The van der Waals surface area contributed by atoms with Crippen molar-refractivity contribution in [1.82, 2.24) is 20.5 Å². The smallest absolute Gasteiger partial charge is 0.328 e. The Kier molecular flexibility index (Phi) is 8.72. The van der Waals surface area contributed by atoms with E-state index in [-0.39, 0.29) is 11.8 Å². The second-order valence-electron chi connectivity index (χ2n) is 6.91. The summed E-state index contributed by atoms with van der Waals surface area (Å²) < 4.78 is -0.827. The summed E-state index contributed by atoms with van der Waals surface area (Å²) in [5.41, 5.74) is 1.90. The molecule has 3 amide bonds. The van der Waals surface area contributed by atoms with Gasteiger partial charge in [0.2, 0.25) is 18.0 Å². The van der Waals surface area contributed by atoms with Gasteiger partial charge in [-0.2, -0.15) is 11.8 Å². The summed E-state index contributed by atoms with van der Waals surface area (Å²) in [4.78, 5) is 58.9. The minimum atomic E-state index is -1.14. The van der Waals surface area contributed by atoms with E-state index in [9.17, 15) is 24.3 Å². The number of β-lactam (4-membered cyclic amide) rings is 1. The van der Waals surface area contributed by atoms with E-state index in [1.165, 1.54) is 45.3 Å². The van der Waals surface area contributed by atoms with Gasteiger partial charge in [0, 0.05) is 17.0 Å². The molecule has 2 fully saturated rings. The molecule has 0 bridgehead atoms. The summed E-state index contributed by atoms with van der Waals surface area (Å²) in [6.45, 7) is 0. The number of oxime groups is 1. The fraction of sp³-hybridized carbons (Fsp3) is 0.529. The first-order chi connectivity index (χ1) is 15.8. The lowest BCUT2D eigenvalue weighted by Crippen LogP contribution is -2.79. The van der Waals surface area contributed by atoms with Crippen LogP contribution in [0.5, 0.6) is 0 Å². The summed E-state index contributed by atoms with van der Waals surface area (Å²) in [5.74, 6) is -2.73. The number of carboxylic acids is 1. The summed E-state index contributed by atoms with van der Waals surface area (Å²) in [5, 5.41) is 19.4. The van der Waals surface area contributed by atoms with Gasteiger partial charge >= 0.3 is 5.97 Å². The van der Waals surface area contributed by atoms with Crippen molar-refractivity contribution >= 4 is 88.0 Å². The Labute approximate surface area is 211 Å². The van der Waals surface area contributed by atoms with Gasteiger partial charge in [0.05, 0.1) is 10.3 Å². The van der Waals surface area contributed by atoms with E-state index < -0.39 is 52.1 Å².